The van der Waals surface area contributed by atoms with E-state index in [4.69, 9.17) is 9.47 Å². The smallest absolute Gasteiger partial charge is 0.124 e. The van der Waals surface area contributed by atoms with Crippen LogP contribution in [0.25, 0.3) is 12.2 Å². The Morgan fingerprint density at radius 3 is 1.37 bits per heavy atom. The summed E-state index contributed by atoms with van der Waals surface area (Å²) in [7, 11) is 0. The van der Waals surface area contributed by atoms with Gasteiger partial charge in [0, 0.05) is 16.5 Å². The monoisotopic (exact) mass is 460 g/mol. The summed E-state index contributed by atoms with van der Waals surface area (Å²) in [6, 6.07) is 33.0. The van der Waals surface area contributed by atoms with E-state index in [0.717, 1.165) is 44.9 Å². The Morgan fingerprint density at radius 1 is 0.600 bits per heavy atom. The highest BCUT2D eigenvalue weighted by Gasteiger charge is 2.30. The maximum absolute atomic E-state index is 6.38. The van der Waals surface area contributed by atoms with Crippen LogP contribution in [-0.4, -0.2) is 0 Å². The lowest BCUT2D eigenvalue weighted by Crippen LogP contribution is -2.21. The molecule has 0 N–H and O–H groups in total. The largest absolute Gasteiger partial charge is 0.489 e. The van der Waals surface area contributed by atoms with Gasteiger partial charge in [0.1, 0.15) is 24.7 Å². The third kappa shape index (κ3) is 5.73. The van der Waals surface area contributed by atoms with Crippen LogP contribution in [0.5, 0.6) is 11.5 Å². The lowest BCUT2D eigenvalue weighted by molar-refractivity contribution is 0.291. The van der Waals surface area contributed by atoms with Gasteiger partial charge in [-0.3, -0.25) is 0 Å². The molecule has 0 aliphatic carbocycles. The number of hydrogen-bond acceptors (Lipinski definition) is 2. The first-order chi connectivity index (χ1) is 17.0. The van der Waals surface area contributed by atoms with E-state index in [1.54, 1.807) is 0 Å². The molecule has 4 aromatic carbocycles. The Morgan fingerprint density at radius 2 is 1.00 bits per heavy atom. The van der Waals surface area contributed by atoms with Crippen molar-refractivity contribution in [1.82, 2.24) is 0 Å². The number of rotatable bonds is 10. The summed E-state index contributed by atoms with van der Waals surface area (Å²) in [4.78, 5) is 0. The summed E-state index contributed by atoms with van der Waals surface area (Å²) < 4.78 is 12.8. The molecule has 0 atom stereocenters. The van der Waals surface area contributed by atoms with E-state index in [0.29, 0.717) is 13.2 Å². The van der Waals surface area contributed by atoms with Crippen molar-refractivity contribution < 1.29 is 9.47 Å². The lowest BCUT2D eigenvalue weighted by Gasteiger charge is -2.30. The van der Waals surface area contributed by atoms with Crippen LogP contribution in [0.15, 0.2) is 110 Å². The maximum Gasteiger partial charge on any atom is 0.124 e. The summed E-state index contributed by atoms with van der Waals surface area (Å²) in [5, 5.41) is 0. The molecule has 4 rings (SSSR count). The van der Waals surface area contributed by atoms with Crippen molar-refractivity contribution >= 4 is 12.2 Å². The molecule has 0 saturated carbocycles. The molecule has 35 heavy (non-hydrogen) atoms. The molecule has 0 saturated heterocycles. The molecule has 0 amide bonds. The predicted octanol–water partition coefficient (Wildman–Crippen LogP) is 8.46. The second kappa shape index (κ2) is 10.9. The van der Waals surface area contributed by atoms with Crippen molar-refractivity contribution in [2.75, 3.05) is 0 Å². The minimum Gasteiger partial charge on any atom is -0.489 e. The van der Waals surface area contributed by atoms with Crippen molar-refractivity contribution in [3.8, 4) is 11.5 Å². The molecule has 0 aliphatic rings. The Labute approximate surface area is 209 Å². The zero-order chi connectivity index (χ0) is 24.7. The van der Waals surface area contributed by atoms with Crippen molar-refractivity contribution in [2.45, 2.75) is 32.5 Å². The SMILES string of the molecule is C=Cc1ccc(C(C)(C)c2ccc(C=C)cc2OCc2ccccc2)c(OCc2ccccc2)c1. The predicted molar refractivity (Wildman–Crippen MR) is 147 cm³/mol. The van der Waals surface area contributed by atoms with Crippen LogP contribution < -0.4 is 9.47 Å². The minimum atomic E-state index is -0.378. The van der Waals surface area contributed by atoms with Gasteiger partial charge in [-0.2, -0.15) is 0 Å². The van der Waals surface area contributed by atoms with Gasteiger partial charge >= 0.3 is 0 Å². The molecular formula is C33H32O2. The Bertz CT molecular complexity index is 1190. The topological polar surface area (TPSA) is 18.5 Å². The molecule has 4 aromatic rings. The molecule has 0 aliphatic heterocycles. The molecule has 0 fully saturated rings. The van der Waals surface area contributed by atoms with E-state index in [-0.39, 0.29) is 5.41 Å². The van der Waals surface area contributed by atoms with Crippen LogP contribution in [-0.2, 0) is 18.6 Å². The molecule has 0 aromatic heterocycles. The minimum absolute atomic E-state index is 0.378. The van der Waals surface area contributed by atoms with Gasteiger partial charge in [0.2, 0.25) is 0 Å². The van der Waals surface area contributed by atoms with E-state index in [1.807, 2.05) is 48.6 Å². The standard InChI is InChI=1S/C33H32O2/c1-5-25-17-19-29(31(21-25)34-23-27-13-9-7-10-14-27)33(3,4)30-20-18-26(6-2)22-32(30)35-24-28-15-11-8-12-16-28/h5-22H,1-2,23-24H2,3-4H3. The fraction of sp³-hybridized carbons (Fsp3) is 0.152. The lowest BCUT2D eigenvalue weighted by atomic mass is 9.76. The number of ether oxygens (including phenoxy) is 2. The molecular weight excluding hydrogens is 428 g/mol. The van der Waals surface area contributed by atoms with Gasteiger partial charge in [0.25, 0.3) is 0 Å². The fourth-order valence-electron chi connectivity index (χ4n) is 4.22. The van der Waals surface area contributed by atoms with Crippen molar-refractivity contribution in [3.05, 3.63) is 144 Å². The zero-order valence-corrected chi connectivity index (χ0v) is 20.5. The fourth-order valence-corrected chi connectivity index (χ4v) is 4.22. The van der Waals surface area contributed by atoms with Crippen molar-refractivity contribution in [1.29, 1.82) is 0 Å². The van der Waals surface area contributed by atoms with Crippen LogP contribution in [0.2, 0.25) is 0 Å². The van der Waals surface area contributed by atoms with Crippen LogP contribution in [0.3, 0.4) is 0 Å². The molecule has 2 nitrogen and oxygen atoms in total. The summed E-state index contributed by atoms with van der Waals surface area (Å²) in [5.74, 6) is 1.69. The van der Waals surface area contributed by atoms with Crippen LogP contribution in [0.1, 0.15) is 47.2 Å². The molecule has 176 valence electrons. The third-order valence-corrected chi connectivity index (χ3v) is 6.30. The quantitative estimate of drug-likeness (QED) is 0.236. The van der Waals surface area contributed by atoms with E-state index < -0.39 is 0 Å². The normalized spacial score (nSPS) is 11.0. The van der Waals surface area contributed by atoms with Crippen LogP contribution >= 0.6 is 0 Å². The highest BCUT2D eigenvalue weighted by molar-refractivity contribution is 5.59. The van der Waals surface area contributed by atoms with Crippen LogP contribution in [0, 0.1) is 0 Å². The van der Waals surface area contributed by atoms with E-state index in [9.17, 15) is 0 Å². The van der Waals surface area contributed by atoms with Crippen LogP contribution in [0.4, 0.5) is 0 Å². The Balaban J connectivity index is 1.71. The average molecular weight is 461 g/mol. The van der Waals surface area contributed by atoms with Gasteiger partial charge in [0.15, 0.2) is 0 Å². The molecule has 0 heterocycles. The second-order valence-electron chi connectivity index (χ2n) is 9.09. The summed E-state index contributed by atoms with van der Waals surface area (Å²) in [5.41, 5.74) is 6.11. The van der Waals surface area contributed by atoms with Gasteiger partial charge in [-0.15, -0.1) is 0 Å². The van der Waals surface area contributed by atoms with Crippen molar-refractivity contribution in [3.63, 3.8) is 0 Å². The highest BCUT2D eigenvalue weighted by Crippen LogP contribution is 2.42. The van der Waals surface area contributed by atoms with Gasteiger partial charge in [0.05, 0.1) is 0 Å². The van der Waals surface area contributed by atoms with Gasteiger partial charge in [-0.05, 0) is 34.4 Å². The molecule has 0 unspecified atom stereocenters. The van der Waals surface area contributed by atoms with E-state index >= 15 is 0 Å². The Kier molecular flexibility index (Phi) is 7.52. The average Bonchev–Trinajstić information content (AvgIpc) is 2.91. The molecule has 0 bridgehead atoms. The van der Waals surface area contributed by atoms with E-state index in [1.165, 1.54) is 0 Å². The number of benzene rings is 4. The number of hydrogen-bond donors (Lipinski definition) is 0. The second-order valence-corrected chi connectivity index (χ2v) is 9.09. The Hall–Kier alpha value is -4.04. The van der Waals surface area contributed by atoms with Gasteiger partial charge in [-0.1, -0.05) is 124 Å². The van der Waals surface area contributed by atoms with Crippen molar-refractivity contribution in [2.24, 2.45) is 0 Å². The third-order valence-electron chi connectivity index (χ3n) is 6.30. The van der Waals surface area contributed by atoms with E-state index in [2.05, 4.69) is 87.7 Å². The first kappa shape index (κ1) is 24.1. The summed E-state index contributed by atoms with van der Waals surface area (Å²) >= 11 is 0. The van der Waals surface area contributed by atoms with Gasteiger partial charge in [-0.25, -0.2) is 0 Å². The molecule has 2 heteroatoms. The summed E-state index contributed by atoms with van der Waals surface area (Å²) in [6.07, 6.45) is 3.69. The maximum atomic E-state index is 6.38. The van der Waals surface area contributed by atoms with Gasteiger partial charge < -0.3 is 9.47 Å². The highest BCUT2D eigenvalue weighted by atomic mass is 16.5. The first-order valence-corrected chi connectivity index (χ1v) is 11.9. The summed E-state index contributed by atoms with van der Waals surface area (Å²) in [6.45, 7) is 13.3. The first-order valence-electron chi connectivity index (χ1n) is 11.9. The molecule has 0 spiro atoms. The zero-order valence-electron chi connectivity index (χ0n) is 20.5. The molecule has 0 radical (unpaired) electrons.